The summed E-state index contributed by atoms with van der Waals surface area (Å²) in [4.78, 5) is 10.8. The molecule has 4 nitrogen and oxygen atoms in total. The molecule has 0 bridgehead atoms. The van der Waals surface area contributed by atoms with Gasteiger partial charge in [0.2, 0.25) is 0 Å². The molecule has 1 rings (SSSR count). The first-order chi connectivity index (χ1) is 8.31. The molecule has 1 aromatic carbocycles. The van der Waals surface area contributed by atoms with E-state index in [-0.39, 0.29) is 18.7 Å². The Morgan fingerprint density at radius 2 is 2.11 bits per heavy atom. The summed E-state index contributed by atoms with van der Waals surface area (Å²) in [6, 6.07) is 5.19. The fraction of sp³-hybridized carbons (Fsp3) is 0.364. The molecule has 0 aliphatic heterocycles. The first-order valence-electron chi connectivity index (χ1n) is 5.09. The minimum absolute atomic E-state index is 0.0564. The summed E-state index contributed by atoms with van der Waals surface area (Å²) in [6.45, 7) is -0.0836. The van der Waals surface area contributed by atoms with Gasteiger partial charge < -0.3 is 15.6 Å². The predicted octanol–water partition coefficient (Wildman–Crippen LogP) is 1.79. The van der Waals surface area contributed by atoms with Crippen LogP contribution in [-0.4, -0.2) is 24.0 Å². The van der Waals surface area contributed by atoms with Crippen LogP contribution in [0.25, 0.3) is 0 Å². The van der Waals surface area contributed by atoms with E-state index in [9.17, 15) is 18.0 Å². The summed E-state index contributed by atoms with van der Waals surface area (Å²) in [7, 11) is 0. The average molecular weight is 263 g/mol. The second kappa shape index (κ2) is 5.72. The lowest BCUT2D eigenvalue weighted by atomic mass is 9.99. The van der Waals surface area contributed by atoms with E-state index in [0.29, 0.717) is 5.56 Å². The van der Waals surface area contributed by atoms with Crippen molar-refractivity contribution in [1.82, 2.24) is 0 Å². The number of halogens is 3. The number of hydrogen-bond donors (Lipinski definition) is 2. The smallest absolute Gasteiger partial charge is 0.481 e. The van der Waals surface area contributed by atoms with Crippen molar-refractivity contribution in [3.8, 4) is 5.75 Å². The maximum absolute atomic E-state index is 12.0. The third-order valence-corrected chi connectivity index (χ3v) is 2.25. The maximum Gasteiger partial charge on any atom is 0.573 e. The number of hydrogen-bond acceptors (Lipinski definition) is 3. The summed E-state index contributed by atoms with van der Waals surface area (Å²) in [5, 5.41) is 8.80. The van der Waals surface area contributed by atoms with Crippen molar-refractivity contribution in [1.29, 1.82) is 0 Å². The molecule has 18 heavy (non-hydrogen) atoms. The summed E-state index contributed by atoms with van der Waals surface area (Å²) >= 11 is 0. The normalized spacial score (nSPS) is 13.1. The Bertz CT molecular complexity index is 420. The molecular formula is C11H12F3NO3. The molecule has 0 fully saturated rings. The van der Waals surface area contributed by atoms with Gasteiger partial charge in [0, 0.05) is 6.54 Å². The molecule has 0 aliphatic rings. The van der Waals surface area contributed by atoms with Gasteiger partial charge in [-0.3, -0.25) is 4.79 Å². The molecule has 100 valence electrons. The molecule has 3 N–H and O–H groups in total. The van der Waals surface area contributed by atoms with Gasteiger partial charge in [-0.1, -0.05) is 12.1 Å². The Labute approximate surface area is 101 Å². The van der Waals surface area contributed by atoms with Gasteiger partial charge in [0.25, 0.3) is 0 Å². The number of nitrogens with two attached hydrogens (primary N) is 1. The molecular weight excluding hydrogens is 251 g/mol. The zero-order chi connectivity index (χ0) is 13.8. The number of aliphatic carboxylic acids is 1. The Balaban J connectivity index is 2.79. The number of carboxylic acid groups (broad SMARTS) is 1. The Morgan fingerprint density at radius 1 is 1.44 bits per heavy atom. The van der Waals surface area contributed by atoms with Crippen LogP contribution >= 0.6 is 0 Å². The first kappa shape index (κ1) is 14.3. The highest BCUT2D eigenvalue weighted by Crippen LogP contribution is 2.24. The van der Waals surface area contributed by atoms with E-state index in [0.717, 1.165) is 12.1 Å². The van der Waals surface area contributed by atoms with Crippen molar-refractivity contribution in [3.05, 3.63) is 29.8 Å². The van der Waals surface area contributed by atoms with Crippen LogP contribution in [0.15, 0.2) is 24.3 Å². The van der Waals surface area contributed by atoms with Crippen LogP contribution in [0.3, 0.4) is 0 Å². The standard InChI is InChI=1S/C11H12F3NO3/c12-11(13,14)18-9-3-1-2-7(5-9)4-8(6-15)10(16)17/h1-3,5,8H,4,6,15H2,(H,16,17)/t8-/m1/s1. The Hall–Kier alpha value is -1.76. The van der Waals surface area contributed by atoms with Crippen molar-refractivity contribution >= 4 is 5.97 Å². The largest absolute Gasteiger partial charge is 0.573 e. The van der Waals surface area contributed by atoms with Gasteiger partial charge in [-0.05, 0) is 24.1 Å². The van der Waals surface area contributed by atoms with Crippen LogP contribution in [0.2, 0.25) is 0 Å². The molecule has 7 heteroatoms. The highest BCUT2D eigenvalue weighted by molar-refractivity contribution is 5.70. The number of benzene rings is 1. The average Bonchev–Trinajstić information content (AvgIpc) is 2.23. The maximum atomic E-state index is 12.0. The predicted molar refractivity (Wildman–Crippen MR) is 57.0 cm³/mol. The zero-order valence-electron chi connectivity index (χ0n) is 9.28. The van der Waals surface area contributed by atoms with Gasteiger partial charge in [0.05, 0.1) is 5.92 Å². The first-order valence-corrected chi connectivity index (χ1v) is 5.09. The third-order valence-electron chi connectivity index (χ3n) is 2.25. The third kappa shape index (κ3) is 4.62. The minimum Gasteiger partial charge on any atom is -0.481 e. The lowest BCUT2D eigenvalue weighted by molar-refractivity contribution is -0.274. The van der Waals surface area contributed by atoms with Crippen LogP contribution in [0.5, 0.6) is 5.75 Å². The molecule has 0 radical (unpaired) electrons. The topological polar surface area (TPSA) is 72.5 Å². The highest BCUT2D eigenvalue weighted by atomic mass is 19.4. The number of alkyl halides is 3. The second-order valence-corrected chi connectivity index (χ2v) is 3.67. The second-order valence-electron chi connectivity index (χ2n) is 3.67. The van der Waals surface area contributed by atoms with Gasteiger partial charge in [-0.2, -0.15) is 0 Å². The van der Waals surface area contributed by atoms with Gasteiger partial charge in [0.15, 0.2) is 0 Å². The van der Waals surface area contributed by atoms with Crippen molar-refractivity contribution in [2.24, 2.45) is 11.7 Å². The van der Waals surface area contributed by atoms with Crippen LogP contribution in [0.1, 0.15) is 5.56 Å². The SMILES string of the molecule is NC[C@@H](Cc1cccc(OC(F)(F)F)c1)C(=O)O. The van der Waals surface area contributed by atoms with Gasteiger partial charge in [0.1, 0.15) is 5.75 Å². The molecule has 0 amide bonds. The number of carbonyl (C=O) groups is 1. The zero-order valence-corrected chi connectivity index (χ0v) is 9.28. The van der Waals surface area contributed by atoms with Crippen molar-refractivity contribution in [2.75, 3.05) is 6.54 Å². The van der Waals surface area contributed by atoms with Gasteiger partial charge >= 0.3 is 12.3 Å². The summed E-state index contributed by atoms with van der Waals surface area (Å²) in [6.07, 6.45) is -4.71. The van der Waals surface area contributed by atoms with Crippen LogP contribution in [0.4, 0.5) is 13.2 Å². The molecule has 0 aromatic heterocycles. The number of carboxylic acids is 1. The van der Waals surface area contributed by atoms with E-state index < -0.39 is 18.2 Å². The van der Waals surface area contributed by atoms with Gasteiger partial charge in [-0.15, -0.1) is 13.2 Å². The van der Waals surface area contributed by atoms with Gasteiger partial charge in [-0.25, -0.2) is 0 Å². The van der Waals surface area contributed by atoms with Crippen LogP contribution < -0.4 is 10.5 Å². The summed E-state index contributed by atoms with van der Waals surface area (Å²) in [5.41, 5.74) is 5.69. The monoisotopic (exact) mass is 263 g/mol. The lowest BCUT2D eigenvalue weighted by Gasteiger charge is -2.12. The fourth-order valence-electron chi connectivity index (χ4n) is 1.43. The quantitative estimate of drug-likeness (QED) is 0.849. The minimum atomic E-state index is -4.77. The molecule has 0 aliphatic carbocycles. The van der Waals surface area contributed by atoms with Crippen LogP contribution in [0, 0.1) is 5.92 Å². The van der Waals surface area contributed by atoms with E-state index in [1.165, 1.54) is 12.1 Å². The Morgan fingerprint density at radius 3 is 2.61 bits per heavy atom. The highest BCUT2D eigenvalue weighted by Gasteiger charge is 2.31. The van der Waals surface area contributed by atoms with E-state index >= 15 is 0 Å². The van der Waals surface area contributed by atoms with Crippen LogP contribution in [-0.2, 0) is 11.2 Å². The number of ether oxygens (including phenoxy) is 1. The molecule has 0 spiro atoms. The van der Waals surface area contributed by atoms with E-state index in [4.69, 9.17) is 10.8 Å². The van der Waals surface area contributed by atoms with Crippen molar-refractivity contribution in [2.45, 2.75) is 12.8 Å². The molecule has 1 aromatic rings. The van der Waals surface area contributed by atoms with E-state index in [1.54, 1.807) is 0 Å². The molecule has 1 atom stereocenters. The van der Waals surface area contributed by atoms with E-state index in [2.05, 4.69) is 4.74 Å². The summed E-state index contributed by atoms with van der Waals surface area (Å²) < 4.78 is 39.7. The molecule has 0 heterocycles. The molecule has 0 saturated carbocycles. The fourth-order valence-corrected chi connectivity index (χ4v) is 1.43. The van der Waals surface area contributed by atoms with Crippen molar-refractivity contribution < 1.29 is 27.8 Å². The molecule has 0 saturated heterocycles. The Kier molecular flexibility index (Phi) is 4.55. The summed E-state index contributed by atoms with van der Waals surface area (Å²) in [5.74, 6) is -2.29. The number of rotatable bonds is 5. The van der Waals surface area contributed by atoms with E-state index in [1.807, 2.05) is 0 Å². The lowest BCUT2D eigenvalue weighted by Crippen LogP contribution is -2.25. The van der Waals surface area contributed by atoms with Crippen molar-refractivity contribution in [3.63, 3.8) is 0 Å². The molecule has 0 unspecified atom stereocenters.